The Morgan fingerprint density at radius 2 is 1.64 bits per heavy atom. The zero-order chi connectivity index (χ0) is 8.69. The number of carbonyl (C=O) groups is 1. The molecule has 11 heavy (non-hydrogen) atoms. The topological polar surface area (TPSA) is 17.1 Å². The molecule has 1 heteroatoms. The Bertz CT molecular complexity index is 189. The first kappa shape index (κ1) is 9.89. The predicted molar refractivity (Wildman–Crippen MR) is 47.7 cm³/mol. The number of carbonyl (C=O) groups excluding carboxylic acids is 1. The van der Waals surface area contributed by atoms with E-state index in [1.165, 1.54) is 11.1 Å². The lowest BCUT2D eigenvalue weighted by Crippen LogP contribution is -1.77. The normalized spacial score (nSPS) is 8.18. The van der Waals surface area contributed by atoms with Crippen LogP contribution in [0, 0.1) is 6.92 Å². The fourth-order valence-corrected chi connectivity index (χ4v) is 0.824. The van der Waals surface area contributed by atoms with Gasteiger partial charge in [-0.3, -0.25) is 0 Å². The monoisotopic (exact) mass is 150 g/mol. The second-order valence-electron chi connectivity index (χ2n) is 2.34. The van der Waals surface area contributed by atoms with Gasteiger partial charge in [0.25, 0.3) is 0 Å². The number of rotatable bonds is 1. The fourth-order valence-electron chi connectivity index (χ4n) is 0.824. The van der Waals surface area contributed by atoms with Crippen LogP contribution in [0.25, 0.3) is 0 Å². The van der Waals surface area contributed by atoms with Crippen molar-refractivity contribution in [1.82, 2.24) is 0 Å². The standard InChI is InChI=1S/C9H12.CH2O/c1-3-9-6-4-8(2)5-7-9;1-2/h4-7H,3H2,1-2H3;1H2. The lowest BCUT2D eigenvalue weighted by atomic mass is 10.1. The van der Waals surface area contributed by atoms with Crippen molar-refractivity contribution in [3.8, 4) is 0 Å². The smallest absolute Gasteiger partial charge is 0.106 e. The first-order valence-electron chi connectivity index (χ1n) is 3.67. The van der Waals surface area contributed by atoms with Crippen LogP contribution in [0.2, 0.25) is 0 Å². The summed E-state index contributed by atoms with van der Waals surface area (Å²) in [5.41, 5.74) is 2.76. The second kappa shape index (κ2) is 5.66. The second-order valence-corrected chi connectivity index (χ2v) is 2.34. The lowest BCUT2D eigenvalue weighted by molar-refractivity contribution is -0.0979. The van der Waals surface area contributed by atoms with Crippen LogP contribution in [0.15, 0.2) is 24.3 Å². The first-order valence-corrected chi connectivity index (χ1v) is 3.67. The van der Waals surface area contributed by atoms with Crippen LogP contribution in [-0.4, -0.2) is 6.79 Å². The molecule has 60 valence electrons. The molecule has 0 amide bonds. The van der Waals surface area contributed by atoms with E-state index in [0.29, 0.717) is 0 Å². The third kappa shape index (κ3) is 3.56. The van der Waals surface area contributed by atoms with Crippen molar-refractivity contribution in [2.24, 2.45) is 0 Å². The number of hydrogen-bond donors (Lipinski definition) is 0. The highest BCUT2D eigenvalue weighted by Gasteiger charge is 1.84. The summed E-state index contributed by atoms with van der Waals surface area (Å²) in [6, 6.07) is 8.66. The van der Waals surface area contributed by atoms with Crippen LogP contribution >= 0.6 is 0 Å². The van der Waals surface area contributed by atoms with Gasteiger partial charge >= 0.3 is 0 Å². The van der Waals surface area contributed by atoms with Crippen molar-refractivity contribution in [2.45, 2.75) is 20.3 Å². The minimum atomic E-state index is 1.14. The molecule has 0 aromatic heterocycles. The zero-order valence-corrected chi connectivity index (χ0v) is 7.13. The Labute approximate surface area is 68.1 Å². The molecule has 0 N–H and O–H groups in total. The van der Waals surface area contributed by atoms with Gasteiger partial charge in [-0.2, -0.15) is 0 Å². The molecule has 1 rings (SSSR count). The average molecular weight is 150 g/mol. The highest BCUT2D eigenvalue weighted by Crippen LogP contribution is 2.02. The van der Waals surface area contributed by atoms with Gasteiger partial charge in [-0.1, -0.05) is 36.8 Å². The van der Waals surface area contributed by atoms with Gasteiger partial charge in [0.05, 0.1) is 0 Å². The quantitative estimate of drug-likeness (QED) is 0.600. The Kier molecular flexibility index (Phi) is 5.09. The summed E-state index contributed by atoms with van der Waals surface area (Å²) in [6.45, 7) is 6.28. The van der Waals surface area contributed by atoms with Gasteiger partial charge < -0.3 is 4.79 Å². The molecule has 1 aromatic rings. The summed E-state index contributed by atoms with van der Waals surface area (Å²) in [6.07, 6.45) is 1.14. The van der Waals surface area contributed by atoms with Crippen molar-refractivity contribution in [3.05, 3.63) is 35.4 Å². The number of benzene rings is 1. The van der Waals surface area contributed by atoms with Gasteiger partial charge in [-0.15, -0.1) is 0 Å². The lowest BCUT2D eigenvalue weighted by Gasteiger charge is -1.94. The summed E-state index contributed by atoms with van der Waals surface area (Å²) in [4.78, 5) is 8.00. The molecule has 0 unspecified atom stereocenters. The van der Waals surface area contributed by atoms with Crippen molar-refractivity contribution in [2.75, 3.05) is 0 Å². The Morgan fingerprint density at radius 3 is 2.00 bits per heavy atom. The number of aryl methyl sites for hydroxylation is 2. The van der Waals surface area contributed by atoms with Crippen LogP contribution in [-0.2, 0) is 11.2 Å². The molecule has 0 fully saturated rings. The van der Waals surface area contributed by atoms with Crippen LogP contribution in [0.1, 0.15) is 18.1 Å². The molecule has 0 aliphatic carbocycles. The van der Waals surface area contributed by atoms with E-state index in [-0.39, 0.29) is 0 Å². The molecule has 0 atom stereocenters. The predicted octanol–water partition coefficient (Wildman–Crippen LogP) is 2.37. The molecule has 0 aliphatic rings. The largest absolute Gasteiger partial charge is 0.307 e. The van der Waals surface area contributed by atoms with E-state index in [2.05, 4.69) is 38.1 Å². The van der Waals surface area contributed by atoms with E-state index in [1.54, 1.807) is 0 Å². The molecule has 0 saturated carbocycles. The zero-order valence-electron chi connectivity index (χ0n) is 7.13. The summed E-state index contributed by atoms with van der Waals surface area (Å²) < 4.78 is 0. The SMILES string of the molecule is C=O.CCc1ccc(C)cc1. The fraction of sp³-hybridized carbons (Fsp3) is 0.300. The van der Waals surface area contributed by atoms with Crippen molar-refractivity contribution >= 4 is 6.79 Å². The molecule has 0 spiro atoms. The average Bonchev–Trinajstić information content (AvgIpc) is 2.10. The van der Waals surface area contributed by atoms with E-state index < -0.39 is 0 Å². The summed E-state index contributed by atoms with van der Waals surface area (Å²) >= 11 is 0. The Hall–Kier alpha value is -1.11. The van der Waals surface area contributed by atoms with Gasteiger partial charge in [0.15, 0.2) is 0 Å². The minimum Gasteiger partial charge on any atom is -0.307 e. The molecular formula is C10H14O. The third-order valence-electron chi connectivity index (χ3n) is 1.53. The highest BCUT2D eigenvalue weighted by molar-refractivity contribution is 5.20. The van der Waals surface area contributed by atoms with Gasteiger partial charge in [0, 0.05) is 0 Å². The van der Waals surface area contributed by atoms with Crippen LogP contribution < -0.4 is 0 Å². The molecule has 0 saturated heterocycles. The van der Waals surface area contributed by atoms with Gasteiger partial charge in [0.1, 0.15) is 6.79 Å². The Balaban J connectivity index is 0.000000461. The van der Waals surface area contributed by atoms with Crippen molar-refractivity contribution in [3.63, 3.8) is 0 Å². The van der Waals surface area contributed by atoms with E-state index >= 15 is 0 Å². The third-order valence-corrected chi connectivity index (χ3v) is 1.53. The van der Waals surface area contributed by atoms with Gasteiger partial charge in [-0.25, -0.2) is 0 Å². The molecule has 0 bridgehead atoms. The van der Waals surface area contributed by atoms with Crippen molar-refractivity contribution < 1.29 is 4.79 Å². The maximum Gasteiger partial charge on any atom is 0.106 e. The number of hydrogen-bond acceptors (Lipinski definition) is 1. The summed E-state index contributed by atoms with van der Waals surface area (Å²) in [7, 11) is 0. The first-order chi connectivity index (χ1) is 5.33. The summed E-state index contributed by atoms with van der Waals surface area (Å²) in [5, 5.41) is 0. The van der Waals surface area contributed by atoms with Crippen LogP contribution in [0.5, 0.6) is 0 Å². The van der Waals surface area contributed by atoms with Gasteiger partial charge in [-0.05, 0) is 18.9 Å². The van der Waals surface area contributed by atoms with E-state index in [1.807, 2.05) is 6.79 Å². The maximum absolute atomic E-state index is 8.00. The maximum atomic E-state index is 8.00. The van der Waals surface area contributed by atoms with E-state index in [9.17, 15) is 0 Å². The van der Waals surface area contributed by atoms with Crippen LogP contribution in [0.3, 0.4) is 0 Å². The molecular weight excluding hydrogens is 136 g/mol. The highest BCUT2D eigenvalue weighted by atomic mass is 16.1. The van der Waals surface area contributed by atoms with Gasteiger partial charge in [0.2, 0.25) is 0 Å². The van der Waals surface area contributed by atoms with Crippen molar-refractivity contribution in [1.29, 1.82) is 0 Å². The Morgan fingerprint density at radius 1 is 1.18 bits per heavy atom. The summed E-state index contributed by atoms with van der Waals surface area (Å²) in [5.74, 6) is 0. The molecule has 0 aliphatic heterocycles. The van der Waals surface area contributed by atoms with E-state index in [4.69, 9.17) is 4.79 Å². The molecule has 0 radical (unpaired) electrons. The molecule has 1 nitrogen and oxygen atoms in total. The molecule has 1 aromatic carbocycles. The molecule has 0 heterocycles. The minimum absolute atomic E-state index is 1.14. The van der Waals surface area contributed by atoms with E-state index in [0.717, 1.165) is 6.42 Å². The van der Waals surface area contributed by atoms with Crippen LogP contribution in [0.4, 0.5) is 0 Å².